The molecule has 1 aromatic heterocycles. The van der Waals surface area contributed by atoms with E-state index in [1.165, 1.54) is 4.90 Å². The number of thioether (sulfide) groups is 1. The van der Waals surface area contributed by atoms with Gasteiger partial charge < -0.3 is 4.57 Å². The Morgan fingerprint density at radius 2 is 1.74 bits per heavy atom. The van der Waals surface area contributed by atoms with Gasteiger partial charge in [0.25, 0.3) is 11.1 Å². The van der Waals surface area contributed by atoms with Crippen LogP contribution >= 0.6 is 35.0 Å². The first kappa shape index (κ1) is 18.2. The summed E-state index contributed by atoms with van der Waals surface area (Å²) in [4.78, 5) is 26.8. The van der Waals surface area contributed by atoms with Crippen LogP contribution in [0, 0.1) is 0 Å². The van der Waals surface area contributed by atoms with E-state index in [-0.39, 0.29) is 17.7 Å². The number of benzene rings is 2. The second kappa shape index (κ2) is 7.08. The summed E-state index contributed by atoms with van der Waals surface area (Å²) in [6, 6.07) is 13.0. The van der Waals surface area contributed by atoms with Gasteiger partial charge in [-0.1, -0.05) is 47.5 Å². The first-order chi connectivity index (χ1) is 13.0. The Balaban J connectivity index is 1.67. The lowest BCUT2D eigenvalue weighted by atomic mass is 10.1. The normalized spacial score (nSPS) is 16.1. The van der Waals surface area contributed by atoms with Crippen molar-refractivity contribution in [1.29, 1.82) is 0 Å². The Morgan fingerprint density at radius 3 is 2.48 bits per heavy atom. The molecular formula is C20H14Cl2N2O2S. The van der Waals surface area contributed by atoms with Crippen molar-refractivity contribution in [1.82, 2.24) is 9.47 Å². The number of hydrogen-bond donors (Lipinski definition) is 0. The predicted octanol–water partition coefficient (Wildman–Crippen LogP) is 5.72. The van der Waals surface area contributed by atoms with Crippen molar-refractivity contribution in [2.24, 2.45) is 7.05 Å². The zero-order valence-electron chi connectivity index (χ0n) is 14.3. The van der Waals surface area contributed by atoms with E-state index in [1.54, 1.807) is 24.3 Å². The lowest BCUT2D eigenvalue weighted by Gasteiger charge is -2.14. The molecule has 0 unspecified atom stereocenters. The number of para-hydroxylation sites is 1. The van der Waals surface area contributed by atoms with Gasteiger partial charge >= 0.3 is 0 Å². The highest BCUT2D eigenvalue weighted by Crippen LogP contribution is 2.36. The van der Waals surface area contributed by atoms with Crippen molar-refractivity contribution < 1.29 is 9.59 Å². The largest absolute Gasteiger partial charge is 0.350 e. The van der Waals surface area contributed by atoms with Gasteiger partial charge in [-0.3, -0.25) is 14.5 Å². The molecule has 2 heterocycles. The van der Waals surface area contributed by atoms with E-state index in [2.05, 4.69) is 0 Å². The van der Waals surface area contributed by atoms with Crippen LogP contribution in [0.15, 0.2) is 53.6 Å². The molecule has 4 rings (SSSR count). The molecule has 4 nitrogen and oxygen atoms in total. The average molecular weight is 417 g/mol. The summed E-state index contributed by atoms with van der Waals surface area (Å²) in [7, 11) is 1.95. The lowest BCUT2D eigenvalue weighted by Crippen LogP contribution is -2.27. The molecule has 0 radical (unpaired) electrons. The highest BCUT2D eigenvalue weighted by molar-refractivity contribution is 8.18. The molecule has 0 saturated carbocycles. The van der Waals surface area contributed by atoms with E-state index in [4.69, 9.17) is 23.2 Å². The smallest absolute Gasteiger partial charge is 0.293 e. The second-order valence-corrected chi connectivity index (χ2v) is 7.99. The lowest BCUT2D eigenvalue weighted by molar-refractivity contribution is -0.123. The van der Waals surface area contributed by atoms with Crippen LogP contribution in [0.5, 0.6) is 0 Å². The number of amides is 2. The number of hydrogen-bond acceptors (Lipinski definition) is 3. The van der Waals surface area contributed by atoms with Gasteiger partial charge in [0.15, 0.2) is 0 Å². The topological polar surface area (TPSA) is 42.3 Å². The first-order valence-corrected chi connectivity index (χ1v) is 9.75. The van der Waals surface area contributed by atoms with Crippen molar-refractivity contribution in [3.05, 3.63) is 74.7 Å². The molecule has 136 valence electrons. The summed E-state index contributed by atoms with van der Waals surface area (Å²) < 4.78 is 1.99. The summed E-state index contributed by atoms with van der Waals surface area (Å²) in [6.45, 7) is 0.0516. The van der Waals surface area contributed by atoms with Gasteiger partial charge in [0.1, 0.15) is 0 Å². The van der Waals surface area contributed by atoms with Gasteiger partial charge in [-0.15, -0.1) is 0 Å². The number of carbonyl (C=O) groups excluding carboxylic acids is 2. The number of carbonyl (C=O) groups is 2. The SMILES string of the molecule is Cn1cc(/C=C2\SC(=O)N(Cc3c(Cl)cccc3Cl)C2=O)c2ccccc21. The maximum atomic E-state index is 12.8. The van der Waals surface area contributed by atoms with Crippen LogP contribution in [0.4, 0.5) is 4.79 Å². The summed E-state index contributed by atoms with van der Waals surface area (Å²) in [6.07, 6.45) is 3.71. The number of aromatic nitrogens is 1. The fourth-order valence-electron chi connectivity index (χ4n) is 3.11. The zero-order valence-corrected chi connectivity index (χ0v) is 16.6. The Morgan fingerprint density at radius 1 is 1.04 bits per heavy atom. The standard InChI is InChI=1S/C20H14Cl2N2O2S/c1-23-10-12(13-5-2-3-8-17(13)23)9-18-19(25)24(20(26)27-18)11-14-15(21)6-4-7-16(14)22/h2-10H,11H2,1H3/b18-9-. The molecule has 0 aliphatic carbocycles. The Bertz CT molecular complexity index is 1100. The van der Waals surface area contributed by atoms with E-state index in [9.17, 15) is 9.59 Å². The molecule has 0 spiro atoms. The number of aryl methyl sites for hydroxylation is 1. The zero-order chi connectivity index (χ0) is 19.1. The maximum Gasteiger partial charge on any atom is 0.293 e. The fraction of sp³-hybridized carbons (Fsp3) is 0.100. The van der Waals surface area contributed by atoms with Crippen LogP contribution in [-0.2, 0) is 18.4 Å². The third kappa shape index (κ3) is 3.27. The minimum atomic E-state index is -0.339. The van der Waals surface area contributed by atoms with Crippen molar-refractivity contribution >= 4 is 63.1 Å². The molecule has 0 atom stereocenters. The number of halogens is 2. The van der Waals surface area contributed by atoms with Crippen LogP contribution in [0.3, 0.4) is 0 Å². The molecule has 1 aliphatic rings. The molecule has 2 amide bonds. The first-order valence-electron chi connectivity index (χ1n) is 8.18. The summed E-state index contributed by atoms with van der Waals surface area (Å²) in [5, 5.41) is 1.56. The van der Waals surface area contributed by atoms with Crippen molar-refractivity contribution in [2.75, 3.05) is 0 Å². The second-order valence-electron chi connectivity index (χ2n) is 6.18. The quantitative estimate of drug-likeness (QED) is 0.512. The summed E-state index contributed by atoms with van der Waals surface area (Å²) >= 11 is 13.3. The Labute approximate surface area is 170 Å². The number of nitrogens with zero attached hydrogens (tertiary/aromatic N) is 2. The molecule has 1 aliphatic heterocycles. The minimum Gasteiger partial charge on any atom is -0.350 e. The number of imide groups is 1. The summed E-state index contributed by atoms with van der Waals surface area (Å²) in [5.74, 6) is -0.339. The molecular weight excluding hydrogens is 403 g/mol. The molecule has 7 heteroatoms. The molecule has 3 aromatic rings. The van der Waals surface area contributed by atoms with E-state index >= 15 is 0 Å². The molecule has 0 N–H and O–H groups in total. The van der Waals surface area contributed by atoms with Crippen LogP contribution in [0.1, 0.15) is 11.1 Å². The van der Waals surface area contributed by atoms with E-state index in [0.717, 1.165) is 28.2 Å². The van der Waals surface area contributed by atoms with Gasteiger partial charge in [-0.25, -0.2) is 0 Å². The highest BCUT2D eigenvalue weighted by Gasteiger charge is 2.35. The third-order valence-electron chi connectivity index (χ3n) is 4.47. The predicted molar refractivity (Wildman–Crippen MR) is 111 cm³/mol. The minimum absolute atomic E-state index is 0.0516. The number of fused-ring (bicyclic) bond motifs is 1. The van der Waals surface area contributed by atoms with Crippen LogP contribution < -0.4 is 0 Å². The van der Waals surface area contributed by atoms with Crippen molar-refractivity contribution in [3.63, 3.8) is 0 Å². The summed E-state index contributed by atoms with van der Waals surface area (Å²) in [5.41, 5.74) is 2.52. The molecule has 0 bridgehead atoms. The average Bonchev–Trinajstić information content (AvgIpc) is 3.09. The molecule has 2 aromatic carbocycles. The Kier molecular flexibility index (Phi) is 4.76. The van der Waals surface area contributed by atoms with E-state index in [1.807, 2.05) is 42.1 Å². The number of rotatable bonds is 3. The van der Waals surface area contributed by atoms with Crippen LogP contribution in [0.2, 0.25) is 10.0 Å². The van der Waals surface area contributed by atoms with E-state index in [0.29, 0.717) is 20.5 Å². The molecule has 1 saturated heterocycles. The fourth-order valence-corrected chi connectivity index (χ4v) is 4.45. The third-order valence-corrected chi connectivity index (χ3v) is 6.08. The monoisotopic (exact) mass is 416 g/mol. The van der Waals surface area contributed by atoms with Crippen molar-refractivity contribution in [3.8, 4) is 0 Å². The van der Waals surface area contributed by atoms with Crippen LogP contribution in [-0.4, -0.2) is 20.6 Å². The molecule has 1 fully saturated rings. The maximum absolute atomic E-state index is 12.8. The molecule has 27 heavy (non-hydrogen) atoms. The van der Waals surface area contributed by atoms with Crippen LogP contribution in [0.25, 0.3) is 17.0 Å². The van der Waals surface area contributed by atoms with Gasteiger partial charge in [0, 0.05) is 45.3 Å². The van der Waals surface area contributed by atoms with Crippen molar-refractivity contribution in [2.45, 2.75) is 6.54 Å². The van der Waals surface area contributed by atoms with Gasteiger partial charge in [0.2, 0.25) is 0 Å². The van der Waals surface area contributed by atoms with Gasteiger partial charge in [-0.05, 0) is 36.0 Å². The highest BCUT2D eigenvalue weighted by atomic mass is 35.5. The Hall–Kier alpha value is -2.21. The van der Waals surface area contributed by atoms with Gasteiger partial charge in [0.05, 0.1) is 11.4 Å². The van der Waals surface area contributed by atoms with E-state index < -0.39 is 0 Å². The van der Waals surface area contributed by atoms with Gasteiger partial charge in [-0.2, -0.15) is 0 Å².